The Labute approximate surface area is 114 Å². The molecule has 18 heavy (non-hydrogen) atoms. The van der Waals surface area contributed by atoms with E-state index in [1.54, 1.807) is 6.20 Å². The van der Waals surface area contributed by atoms with Gasteiger partial charge in [-0.1, -0.05) is 15.9 Å². The Hall–Kier alpha value is -1.14. The number of aromatic nitrogens is 2. The van der Waals surface area contributed by atoms with Gasteiger partial charge in [0.05, 0.1) is 16.8 Å². The van der Waals surface area contributed by atoms with Gasteiger partial charge in [-0.15, -0.1) is 0 Å². The summed E-state index contributed by atoms with van der Waals surface area (Å²) in [4.78, 5) is 3.78. The fourth-order valence-corrected chi connectivity index (χ4v) is 2.51. The van der Waals surface area contributed by atoms with Gasteiger partial charge in [-0.05, 0) is 32.9 Å². The van der Waals surface area contributed by atoms with Crippen molar-refractivity contribution in [2.24, 2.45) is 10.7 Å². The smallest absolute Gasteiger partial charge is 0.150 e. The number of nitrogens with zero attached hydrogens (tertiary/aromatic N) is 3. The number of hydrogen-bond donors (Lipinski definition) is 1. The predicted molar refractivity (Wildman–Crippen MR) is 75.5 cm³/mol. The molecule has 0 bridgehead atoms. The highest BCUT2D eigenvalue weighted by Gasteiger charge is 2.18. The summed E-state index contributed by atoms with van der Waals surface area (Å²) in [5.41, 5.74) is 5.83. The van der Waals surface area contributed by atoms with Crippen LogP contribution in [0.2, 0.25) is 0 Å². The first kappa shape index (κ1) is 13.3. The summed E-state index contributed by atoms with van der Waals surface area (Å²) < 4.78 is 8.58. The highest BCUT2D eigenvalue weighted by Crippen LogP contribution is 2.20. The summed E-state index contributed by atoms with van der Waals surface area (Å²) >= 11 is 3.50. The zero-order chi connectivity index (χ0) is 13.1. The van der Waals surface area contributed by atoms with Gasteiger partial charge >= 0.3 is 0 Å². The van der Waals surface area contributed by atoms with Crippen molar-refractivity contribution in [3.8, 4) is 0 Å². The third-order valence-electron chi connectivity index (χ3n) is 3.00. The first-order valence-corrected chi connectivity index (χ1v) is 6.72. The number of aliphatic imine (C=N–C) groups is 1. The normalized spacial score (nSPS) is 23.6. The fourth-order valence-electron chi connectivity index (χ4n) is 2.11. The van der Waals surface area contributed by atoms with Crippen molar-refractivity contribution < 1.29 is 4.74 Å². The third kappa shape index (κ3) is 2.49. The number of ether oxygens (including phenoxy) is 1. The van der Waals surface area contributed by atoms with E-state index >= 15 is 0 Å². The minimum absolute atomic E-state index is 0.0207. The van der Waals surface area contributed by atoms with Crippen LogP contribution in [0.25, 0.3) is 10.3 Å². The van der Waals surface area contributed by atoms with E-state index in [0.717, 1.165) is 40.9 Å². The van der Waals surface area contributed by atoms with Crippen molar-refractivity contribution in [2.75, 3.05) is 6.61 Å². The lowest BCUT2D eigenvalue weighted by molar-refractivity contribution is -0.0413. The number of halogens is 1. The lowest BCUT2D eigenvalue weighted by atomic mass is 10.2. The molecule has 1 aromatic heterocycles. The topological polar surface area (TPSA) is 65.4 Å². The molecule has 0 saturated carbocycles. The molecule has 0 radical (unpaired) electrons. The van der Waals surface area contributed by atoms with Crippen molar-refractivity contribution in [2.45, 2.75) is 32.4 Å². The van der Waals surface area contributed by atoms with Gasteiger partial charge in [-0.2, -0.15) is 5.10 Å². The highest BCUT2D eigenvalue weighted by molar-refractivity contribution is 9.14. The summed E-state index contributed by atoms with van der Waals surface area (Å²) in [6, 6.07) is 0. The number of nitrogens with two attached hydrogens (primary N) is 1. The second-order valence-electron chi connectivity index (χ2n) is 4.25. The maximum atomic E-state index is 5.83. The Morgan fingerprint density at radius 1 is 1.67 bits per heavy atom. The second kappa shape index (κ2) is 5.67. The molecule has 6 heteroatoms. The average Bonchev–Trinajstić information content (AvgIpc) is 2.83. The Morgan fingerprint density at radius 2 is 2.44 bits per heavy atom. The van der Waals surface area contributed by atoms with Crippen molar-refractivity contribution in [1.82, 2.24) is 9.78 Å². The van der Waals surface area contributed by atoms with E-state index in [1.165, 1.54) is 0 Å². The molecule has 1 aliphatic rings. The van der Waals surface area contributed by atoms with Crippen molar-refractivity contribution in [1.29, 1.82) is 0 Å². The van der Waals surface area contributed by atoms with Crippen molar-refractivity contribution in [3.05, 3.63) is 16.8 Å². The Balaban J connectivity index is 2.60. The summed E-state index contributed by atoms with van der Waals surface area (Å²) in [6.45, 7) is 6.19. The zero-order valence-electron chi connectivity index (χ0n) is 10.4. The summed E-state index contributed by atoms with van der Waals surface area (Å²) in [5.74, 6) is 0.380. The van der Waals surface area contributed by atoms with E-state index in [2.05, 4.69) is 32.7 Å². The molecule has 0 amide bonds. The van der Waals surface area contributed by atoms with Gasteiger partial charge < -0.3 is 10.5 Å². The lowest BCUT2D eigenvalue weighted by Crippen LogP contribution is -2.37. The Bertz CT molecular complexity index is 553. The van der Waals surface area contributed by atoms with E-state index in [1.807, 2.05) is 11.6 Å². The summed E-state index contributed by atoms with van der Waals surface area (Å²) in [6.07, 6.45) is 4.92. The minimum Gasteiger partial charge on any atom is -0.383 e. The molecule has 1 aliphatic heterocycles. The Morgan fingerprint density at radius 3 is 3.00 bits per heavy atom. The molecule has 2 rings (SSSR count). The molecule has 1 aromatic rings. The van der Waals surface area contributed by atoms with E-state index in [9.17, 15) is 0 Å². The van der Waals surface area contributed by atoms with E-state index < -0.39 is 0 Å². The molecule has 2 N–H and O–H groups in total. The largest absolute Gasteiger partial charge is 0.383 e. The van der Waals surface area contributed by atoms with Gasteiger partial charge in [0.2, 0.25) is 0 Å². The quantitative estimate of drug-likeness (QED) is 0.823. The van der Waals surface area contributed by atoms with Crippen LogP contribution in [0.15, 0.2) is 11.2 Å². The van der Waals surface area contributed by atoms with Crippen LogP contribution in [0.1, 0.15) is 32.4 Å². The van der Waals surface area contributed by atoms with Gasteiger partial charge in [0.15, 0.2) is 6.23 Å². The van der Waals surface area contributed by atoms with Crippen LogP contribution in [0.5, 0.6) is 0 Å². The molecule has 0 spiro atoms. The lowest BCUT2D eigenvalue weighted by Gasteiger charge is -2.23. The summed E-state index contributed by atoms with van der Waals surface area (Å²) in [5, 5.41) is 6.08. The van der Waals surface area contributed by atoms with Crippen LogP contribution in [0, 0.1) is 0 Å². The molecule has 1 atom stereocenters. The second-order valence-corrected chi connectivity index (χ2v) is 5.44. The van der Waals surface area contributed by atoms with Crippen LogP contribution in [-0.2, 0) is 4.74 Å². The predicted octanol–water partition coefficient (Wildman–Crippen LogP) is 0.830. The molecule has 0 aromatic carbocycles. The first-order chi connectivity index (χ1) is 8.65. The van der Waals surface area contributed by atoms with Crippen LogP contribution in [0.4, 0.5) is 0 Å². The van der Waals surface area contributed by atoms with Gasteiger partial charge in [-0.25, -0.2) is 9.67 Å². The number of hydrogen-bond acceptors (Lipinski definition) is 4. The molecule has 2 heterocycles. The van der Waals surface area contributed by atoms with Crippen LogP contribution < -0.4 is 16.3 Å². The van der Waals surface area contributed by atoms with Gasteiger partial charge in [-0.3, -0.25) is 0 Å². The molecule has 1 fully saturated rings. The molecule has 0 aliphatic carbocycles. The van der Waals surface area contributed by atoms with Crippen LogP contribution in [0.3, 0.4) is 0 Å². The van der Waals surface area contributed by atoms with Crippen LogP contribution in [-0.4, -0.2) is 23.1 Å². The molecule has 1 unspecified atom stereocenters. The zero-order valence-corrected chi connectivity index (χ0v) is 12.0. The van der Waals surface area contributed by atoms with E-state index in [4.69, 9.17) is 10.5 Å². The molecule has 98 valence electrons. The van der Waals surface area contributed by atoms with Gasteiger partial charge in [0.1, 0.15) is 5.82 Å². The van der Waals surface area contributed by atoms with Gasteiger partial charge in [0, 0.05) is 11.1 Å². The average molecular weight is 313 g/mol. The van der Waals surface area contributed by atoms with E-state index in [-0.39, 0.29) is 6.23 Å². The maximum Gasteiger partial charge on any atom is 0.150 e. The first-order valence-electron chi connectivity index (χ1n) is 5.93. The molecule has 5 nitrogen and oxygen atoms in total. The van der Waals surface area contributed by atoms with Gasteiger partial charge in [0.25, 0.3) is 0 Å². The van der Waals surface area contributed by atoms with E-state index in [0.29, 0.717) is 5.82 Å². The molecular formula is C12H17BrN4O. The maximum absolute atomic E-state index is 5.83. The summed E-state index contributed by atoms with van der Waals surface area (Å²) in [7, 11) is 0. The molecule has 1 saturated heterocycles. The SMILES string of the molecule is C=N/C(N)=c1/cnn(C2CCCCO2)/c1=C(/C)Br. The fraction of sp³-hybridized carbons (Fsp3) is 0.500. The molecular weight excluding hydrogens is 296 g/mol. The number of rotatable bonds is 2. The Kier molecular flexibility index (Phi) is 4.19. The van der Waals surface area contributed by atoms with Crippen molar-refractivity contribution in [3.63, 3.8) is 0 Å². The monoisotopic (exact) mass is 312 g/mol. The standard InChI is InChI=1S/C12H17BrN4O/c1-8(13)11-9(12(14)15-2)7-16-17(11)10-5-3-4-6-18-10/h7,10H,2-6,14H2,1H3/b11-8-,12-9-. The van der Waals surface area contributed by atoms with Crippen LogP contribution >= 0.6 is 15.9 Å². The third-order valence-corrected chi connectivity index (χ3v) is 3.37. The minimum atomic E-state index is -0.0207. The highest BCUT2D eigenvalue weighted by atomic mass is 79.9. The van der Waals surface area contributed by atoms with Crippen molar-refractivity contribution >= 4 is 33.0 Å².